The highest BCUT2D eigenvalue weighted by molar-refractivity contribution is 5.91. The van der Waals surface area contributed by atoms with E-state index in [0.717, 1.165) is 36.1 Å². The quantitative estimate of drug-likeness (QED) is 0.598. The van der Waals surface area contributed by atoms with Crippen LogP contribution in [-0.4, -0.2) is 36.7 Å². The molecule has 0 unspecified atom stereocenters. The molecular formula is C20H25NO5. The molecule has 1 fully saturated rings. The summed E-state index contributed by atoms with van der Waals surface area (Å²) in [4.78, 5) is 23.9. The summed E-state index contributed by atoms with van der Waals surface area (Å²) in [5.41, 5.74) is 1.85. The van der Waals surface area contributed by atoms with Crippen molar-refractivity contribution < 1.29 is 23.8 Å². The van der Waals surface area contributed by atoms with E-state index in [0.29, 0.717) is 12.4 Å². The average Bonchev–Trinajstić information content (AvgIpc) is 3.32. The van der Waals surface area contributed by atoms with Crippen LogP contribution in [0.3, 0.4) is 0 Å². The molecule has 1 aliphatic heterocycles. The third kappa shape index (κ3) is 4.56. The number of hydrogen-bond donors (Lipinski definition) is 1. The van der Waals surface area contributed by atoms with E-state index in [9.17, 15) is 9.59 Å². The molecule has 1 saturated carbocycles. The van der Waals surface area contributed by atoms with Gasteiger partial charge in [0.15, 0.2) is 6.10 Å². The number of carbonyl (C=O) groups excluding carboxylic acids is 2. The molecule has 26 heavy (non-hydrogen) atoms. The van der Waals surface area contributed by atoms with Crippen LogP contribution in [0.4, 0.5) is 0 Å². The van der Waals surface area contributed by atoms with Crippen molar-refractivity contribution >= 4 is 18.0 Å². The van der Waals surface area contributed by atoms with Crippen LogP contribution in [0.25, 0.3) is 6.08 Å². The molecule has 0 aromatic heterocycles. The van der Waals surface area contributed by atoms with Gasteiger partial charge in [-0.2, -0.15) is 0 Å². The van der Waals surface area contributed by atoms with Crippen molar-refractivity contribution in [2.75, 3.05) is 6.61 Å². The van der Waals surface area contributed by atoms with Crippen molar-refractivity contribution in [3.05, 3.63) is 29.3 Å². The van der Waals surface area contributed by atoms with Crippen LogP contribution < -0.4 is 14.8 Å². The smallest absolute Gasteiger partial charge is 0.331 e. The van der Waals surface area contributed by atoms with Gasteiger partial charge in [0.2, 0.25) is 0 Å². The van der Waals surface area contributed by atoms with Crippen LogP contribution in [-0.2, 0) is 20.7 Å². The van der Waals surface area contributed by atoms with Gasteiger partial charge in [0.05, 0.1) is 6.61 Å². The molecule has 0 radical (unpaired) electrons. The summed E-state index contributed by atoms with van der Waals surface area (Å²) in [6.45, 7) is 6.02. The van der Waals surface area contributed by atoms with Crippen molar-refractivity contribution in [1.29, 1.82) is 0 Å². The number of fused-ring (bicyclic) bond motifs is 1. The Morgan fingerprint density at radius 2 is 2.15 bits per heavy atom. The van der Waals surface area contributed by atoms with Gasteiger partial charge in [0.1, 0.15) is 17.6 Å². The Bertz CT molecular complexity index is 723. The molecule has 1 N–H and O–H groups in total. The zero-order chi connectivity index (χ0) is 18.7. The molecule has 0 bridgehead atoms. The van der Waals surface area contributed by atoms with E-state index >= 15 is 0 Å². The fourth-order valence-corrected chi connectivity index (χ4v) is 2.84. The summed E-state index contributed by atoms with van der Waals surface area (Å²) < 4.78 is 16.6. The molecule has 1 aromatic rings. The Morgan fingerprint density at radius 3 is 2.85 bits per heavy atom. The van der Waals surface area contributed by atoms with Gasteiger partial charge in [-0.25, -0.2) is 4.79 Å². The SMILES string of the molecule is CCOc1cc2c(cc1/C=C/C(=O)O[C@@H](C)C(=O)NC1CC1)O[C@H](C)C2. The minimum absolute atomic E-state index is 0.134. The van der Waals surface area contributed by atoms with Crippen LogP contribution in [0.15, 0.2) is 18.2 Å². The predicted octanol–water partition coefficient (Wildman–Crippen LogP) is 2.63. The van der Waals surface area contributed by atoms with E-state index in [1.54, 1.807) is 13.0 Å². The van der Waals surface area contributed by atoms with Crippen LogP contribution >= 0.6 is 0 Å². The molecule has 0 spiro atoms. The Balaban J connectivity index is 1.65. The zero-order valence-electron chi connectivity index (χ0n) is 15.4. The number of hydrogen-bond acceptors (Lipinski definition) is 5. The molecule has 6 nitrogen and oxygen atoms in total. The van der Waals surface area contributed by atoms with Crippen LogP contribution in [0.5, 0.6) is 11.5 Å². The first-order valence-corrected chi connectivity index (χ1v) is 9.11. The monoisotopic (exact) mass is 359 g/mol. The Kier molecular flexibility index (Phi) is 5.49. The van der Waals surface area contributed by atoms with E-state index in [4.69, 9.17) is 14.2 Å². The number of ether oxygens (including phenoxy) is 3. The van der Waals surface area contributed by atoms with E-state index in [1.807, 2.05) is 26.0 Å². The number of carbonyl (C=O) groups is 2. The number of esters is 1. The lowest BCUT2D eigenvalue weighted by molar-refractivity contribution is -0.150. The number of benzene rings is 1. The van der Waals surface area contributed by atoms with Gasteiger partial charge in [0.25, 0.3) is 5.91 Å². The largest absolute Gasteiger partial charge is 0.493 e. The summed E-state index contributed by atoms with van der Waals surface area (Å²) in [6, 6.07) is 4.07. The van der Waals surface area contributed by atoms with Crippen LogP contribution in [0, 0.1) is 0 Å². The molecule has 2 aliphatic rings. The van der Waals surface area contributed by atoms with Crippen molar-refractivity contribution in [3.8, 4) is 11.5 Å². The highest BCUT2D eigenvalue weighted by Gasteiger charge is 2.27. The molecule has 6 heteroatoms. The summed E-state index contributed by atoms with van der Waals surface area (Å²) in [5.74, 6) is 0.684. The second-order valence-electron chi connectivity index (χ2n) is 6.76. The van der Waals surface area contributed by atoms with E-state index in [2.05, 4.69) is 5.32 Å². The topological polar surface area (TPSA) is 73.9 Å². The number of nitrogens with one attached hydrogen (secondary N) is 1. The lowest BCUT2D eigenvalue weighted by Gasteiger charge is -2.12. The van der Waals surface area contributed by atoms with Gasteiger partial charge in [-0.1, -0.05) is 0 Å². The van der Waals surface area contributed by atoms with E-state index < -0.39 is 12.1 Å². The maximum Gasteiger partial charge on any atom is 0.331 e. The first kappa shape index (κ1) is 18.3. The maximum atomic E-state index is 12.0. The second-order valence-corrected chi connectivity index (χ2v) is 6.76. The third-order valence-corrected chi connectivity index (χ3v) is 4.31. The molecule has 1 amide bonds. The van der Waals surface area contributed by atoms with Crippen molar-refractivity contribution in [2.24, 2.45) is 0 Å². The summed E-state index contributed by atoms with van der Waals surface area (Å²) in [6.07, 6.45) is 5.08. The lowest BCUT2D eigenvalue weighted by Crippen LogP contribution is -2.36. The van der Waals surface area contributed by atoms with Gasteiger partial charge in [-0.3, -0.25) is 4.79 Å². The molecule has 1 heterocycles. The normalized spacial score (nSPS) is 19.6. The van der Waals surface area contributed by atoms with Gasteiger partial charge in [0, 0.05) is 29.7 Å². The molecule has 3 rings (SSSR count). The summed E-state index contributed by atoms with van der Waals surface area (Å²) in [5, 5.41) is 2.81. The fourth-order valence-electron chi connectivity index (χ4n) is 2.84. The highest BCUT2D eigenvalue weighted by atomic mass is 16.5. The lowest BCUT2D eigenvalue weighted by atomic mass is 10.1. The highest BCUT2D eigenvalue weighted by Crippen LogP contribution is 2.35. The van der Waals surface area contributed by atoms with Crippen LogP contribution in [0.2, 0.25) is 0 Å². The number of rotatable bonds is 7. The molecule has 1 aliphatic carbocycles. The second kappa shape index (κ2) is 7.81. The minimum Gasteiger partial charge on any atom is -0.493 e. The van der Waals surface area contributed by atoms with Gasteiger partial charge in [-0.05, 0) is 51.8 Å². The number of amides is 1. The Hall–Kier alpha value is -2.50. The van der Waals surface area contributed by atoms with Crippen molar-refractivity contribution in [2.45, 2.75) is 58.3 Å². The minimum atomic E-state index is -0.816. The Morgan fingerprint density at radius 1 is 1.38 bits per heavy atom. The first-order valence-electron chi connectivity index (χ1n) is 9.11. The molecule has 2 atom stereocenters. The third-order valence-electron chi connectivity index (χ3n) is 4.31. The van der Waals surface area contributed by atoms with Gasteiger partial charge in [-0.15, -0.1) is 0 Å². The fraction of sp³-hybridized carbons (Fsp3) is 0.500. The van der Waals surface area contributed by atoms with E-state index in [1.165, 1.54) is 6.08 Å². The Labute approximate surface area is 153 Å². The van der Waals surface area contributed by atoms with Gasteiger partial charge >= 0.3 is 5.97 Å². The van der Waals surface area contributed by atoms with Crippen molar-refractivity contribution in [1.82, 2.24) is 5.32 Å². The van der Waals surface area contributed by atoms with Crippen LogP contribution in [0.1, 0.15) is 44.7 Å². The standard InChI is InChI=1S/C20H25NO5/c1-4-24-17-11-15-9-12(2)25-18(15)10-14(17)5-8-19(22)26-13(3)20(23)21-16-6-7-16/h5,8,10-13,16H,4,6-7,9H2,1-3H3,(H,21,23)/b8-5+/t12-,13+/m1/s1. The zero-order valence-corrected chi connectivity index (χ0v) is 15.4. The van der Waals surface area contributed by atoms with Gasteiger partial charge < -0.3 is 19.5 Å². The van der Waals surface area contributed by atoms with Crippen molar-refractivity contribution in [3.63, 3.8) is 0 Å². The molecule has 1 aromatic carbocycles. The molecular weight excluding hydrogens is 334 g/mol. The average molecular weight is 359 g/mol. The maximum absolute atomic E-state index is 12.0. The first-order chi connectivity index (χ1) is 12.5. The molecule has 140 valence electrons. The summed E-state index contributed by atoms with van der Waals surface area (Å²) >= 11 is 0. The summed E-state index contributed by atoms with van der Waals surface area (Å²) in [7, 11) is 0. The predicted molar refractivity (Wildman–Crippen MR) is 97.2 cm³/mol. The van der Waals surface area contributed by atoms with E-state index in [-0.39, 0.29) is 18.1 Å². The molecule has 0 saturated heterocycles.